The Morgan fingerprint density at radius 2 is 1.93 bits per heavy atom. The van der Waals surface area contributed by atoms with E-state index in [1.54, 1.807) is 11.8 Å². The molecular formula is C20H30N4O2S. The van der Waals surface area contributed by atoms with Gasteiger partial charge < -0.3 is 15.0 Å². The Balaban J connectivity index is 1.73. The van der Waals surface area contributed by atoms with Gasteiger partial charge in [-0.1, -0.05) is 0 Å². The Kier molecular flexibility index (Phi) is 5.60. The van der Waals surface area contributed by atoms with E-state index in [-0.39, 0.29) is 23.7 Å². The minimum Gasteiger partial charge on any atom is -0.444 e. The number of nitrogens with one attached hydrogen (secondary N) is 1. The van der Waals surface area contributed by atoms with Crippen LogP contribution in [0.15, 0.2) is 23.2 Å². The average Bonchev–Trinajstić information content (AvgIpc) is 2.58. The van der Waals surface area contributed by atoms with Gasteiger partial charge in [0.2, 0.25) is 0 Å². The predicted molar refractivity (Wildman–Crippen MR) is 114 cm³/mol. The van der Waals surface area contributed by atoms with Crippen LogP contribution in [-0.4, -0.2) is 59.7 Å². The number of aliphatic imine (C=N–C) groups is 1. The molecule has 0 radical (unpaired) electrons. The number of hydrogen-bond acceptors (Lipinski definition) is 6. The molecule has 27 heavy (non-hydrogen) atoms. The largest absolute Gasteiger partial charge is 0.444 e. The summed E-state index contributed by atoms with van der Waals surface area (Å²) in [6, 6.07) is 6.59. The Morgan fingerprint density at radius 1 is 1.26 bits per heavy atom. The summed E-state index contributed by atoms with van der Waals surface area (Å²) in [5.41, 5.74) is 2.98. The Morgan fingerprint density at radius 3 is 2.52 bits per heavy atom. The van der Waals surface area contributed by atoms with Gasteiger partial charge in [-0.25, -0.2) is 4.79 Å². The molecule has 1 N–H and O–H groups in total. The zero-order chi connectivity index (χ0) is 19.8. The summed E-state index contributed by atoms with van der Waals surface area (Å²) in [4.78, 5) is 21.3. The molecule has 1 amide bonds. The van der Waals surface area contributed by atoms with E-state index in [2.05, 4.69) is 47.3 Å². The van der Waals surface area contributed by atoms with Crippen LogP contribution in [0.3, 0.4) is 0 Å². The first-order valence-electron chi connectivity index (χ1n) is 9.41. The van der Waals surface area contributed by atoms with Crippen LogP contribution in [0.2, 0.25) is 0 Å². The molecule has 3 atom stereocenters. The molecule has 2 aliphatic heterocycles. The van der Waals surface area contributed by atoms with E-state index in [4.69, 9.17) is 4.74 Å². The molecular weight excluding hydrogens is 360 g/mol. The fourth-order valence-electron chi connectivity index (χ4n) is 3.63. The van der Waals surface area contributed by atoms with Crippen LogP contribution >= 0.6 is 11.8 Å². The zero-order valence-corrected chi connectivity index (χ0v) is 17.8. The minimum absolute atomic E-state index is 0.0762. The maximum atomic E-state index is 12.6. The van der Waals surface area contributed by atoms with E-state index >= 15 is 0 Å². The van der Waals surface area contributed by atoms with Crippen LogP contribution in [0.4, 0.5) is 16.2 Å². The van der Waals surface area contributed by atoms with Crippen molar-refractivity contribution in [3.63, 3.8) is 0 Å². The number of amides is 1. The first kappa shape index (κ1) is 19.9. The lowest BCUT2D eigenvalue weighted by Crippen LogP contribution is -2.59. The monoisotopic (exact) mass is 390 g/mol. The number of benzene rings is 1. The predicted octanol–water partition coefficient (Wildman–Crippen LogP) is 4.01. The number of carbonyl (C=O) groups excluding carboxylic acids is 1. The average molecular weight is 391 g/mol. The van der Waals surface area contributed by atoms with E-state index in [1.807, 2.05) is 38.1 Å². The highest BCUT2D eigenvalue weighted by molar-refractivity contribution is 7.99. The third-order valence-corrected chi connectivity index (χ3v) is 5.46. The number of ether oxygens (including phenoxy) is 1. The molecule has 1 fully saturated rings. The molecule has 3 rings (SSSR count). The van der Waals surface area contributed by atoms with Crippen molar-refractivity contribution in [3.05, 3.63) is 23.8 Å². The Bertz CT molecular complexity index is 719. The van der Waals surface area contributed by atoms with Gasteiger partial charge in [0.25, 0.3) is 0 Å². The summed E-state index contributed by atoms with van der Waals surface area (Å²) in [6.45, 7) is 11.4. The van der Waals surface area contributed by atoms with Crippen LogP contribution in [0.1, 0.15) is 40.2 Å². The van der Waals surface area contributed by atoms with Crippen molar-refractivity contribution in [2.45, 2.75) is 57.8 Å². The van der Waals surface area contributed by atoms with Crippen molar-refractivity contribution in [3.8, 4) is 0 Å². The highest BCUT2D eigenvalue weighted by Gasteiger charge is 2.35. The van der Waals surface area contributed by atoms with Crippen molar-refractivity contribution >= 4 is 35.4 Å². The molecule has 0 aromatic heterocycles. The maximum Gasteiger partial charge on any atom is 0.410 e. The van der Waals surface area contributed by atoms with Gasteiger partial charge in [0.1, 0.15) is 5.60 Å². The number of fused-ring (bicyclic) bond motifs is 1. The van der Waals surface area contributed by atoms with E-state index in [0.717, 1.165) is 30.0 Å². The van der Waals surface area contributed by atoms with Crippen LogP contribution in [0.25, 0.3) is 0 Å². The number of carbonyl (C=O) groups is 1. The lowest BCUT2D eigenvalue weighted by Gasteiger charge is -2.45. The van der Waals surface area contributed by atoms with Gasteiger partial charge in [-0.15, -0.1) is 11.8 Å². The van der Waals surface area contributed by atoms with Crippen LogP contribution in [0, 0.1) is 0 Å². The fourth-order valence-corrected chi connectivity index (χ4v) is 4.06. The number of rotatable bonds is 2. The lowest BCUT2D eigenvalue weighted by molar-refractivity contribution is 0.00566. The first-order valence-corrected chi connectivity index (χ1v) is 10.7. The van der Waals surface area contributed by atoms with Gasteiger partial charge in [0.15, 0.2) is 5.50 Å². The number of anilines is 2. The fraction of sp³-hybridized carbons (Fsp3) is 0.600. The third-order valence-electron chi connectivity index (χ3n) is 4.77. The zero-order valence-electron chi connectivity index (χ0n) is 17.0. The standard InChI is InChI=1S/C20H30N4O2S/c1-13-11-23(12-14(2)24(13)19(25)26-20(3,4)5)16-7-8-17-15(9-16)10-21-18(22-17)27-6/h7-10,13-14,18,22H,11-12H2,1-6H3/t13-,14+,18?. The highest BCUT2D eigenvalue weighted by Crippen LogP contribution is 2.30. The van der Waals surface area contributed by atoms with E-state index in [0.29, 0.717) is 0 Å². The number of hydrogen-bond donors (Lipinski definition) is 1. The minimum atomic E-state index is -0.479. The van der Waals surface area contributed by atoms with Crippen molar-refractivity contribution in [1.82, 2.24) is 4.90 Å². The summed E-state index contributed by atoms with van der Waals surface area (Å²) in [6.07, 6.45) is 3.76. The molecule has 1 aromatic carbocycles. The molecule has 1 saturated heterocycles. The first-order chi connectivity index (χ1) is 12.7. The van der Waals surface area contributed by atoms with E-state index in [1.165, 1.54) is 0 Å². The van der Waals surface area contributed by atoms with Gasteiger partial charge in [0.05, 0.1) is 12.1 Å². The molecule has 0 saturated carbocycles. The van der Waals surface area contributed by atoms with Crippen LogP contribution in [-0.2, 0) is 4.74 Å². The summed E-state index contributed by atoms with van der Waals surface area (Å²) in [7, 11) is 0. The van der Waals surface area contributed by atoms with Gasteiger partial charge in [-0.3, -0.25) is 9.89 Å². The topological polar surface area (TPSA) is 57.2 Å². The number of nitrogens with zero attached hydrogens (tertiary/aromatic N) is 3. The van der Waals surface area contributed by atoms with Gasteiger partial charge in [-0.2, -0.15) is 0 Å². The summed E-state index contributed by atoms with van der Waals surface area (Å²) in [5, 5.41) is 3.42. The molecule has 148 valence electrons. The number of piperazine rings is 1. The second-order valence-corrected chi connectivity index (χ2v) is 9.19. The molecule has 1 unspecified atom stereocenters. The SMILES string of the molecule is CSC1N=Cc2cc(N3C[C@@H](C)N(C(=O)OC(C)(C)C)[C@@H](C)C3)ccc2N1. The Hall–Kier alpha value is -1.89. The van der Waals surface area contributed by atoms with Crippen molar-refractivity contribution in [1.29, 1.82) is 0 Å². The smallest absolute Gasteiger partial charge is 0.410 e. The lowest BCUT2D eigenvalue weighted by atomic mass is 10.1. The van der Waals surface area contributed by atoms with Gasteiger partial charge >= 0.3 is 6.09 Å². The van der Waals surface area contributed by atoms with Crippen LogP contribution in [0.5, 0.6) is 0 Å². The van der Waals surface area contributed by atoms with Crippen molar-refractivity contribution < 1.29 is 9.53 Å². The maximum absolute atomic E-state index is 12.6. The molecule has 6 nitrogen and oxygen atoms in total. The molecule has 0 aliphatic carbocycles. The quantitative estimate of drug-likeness (QED) is 0.827. The summed E-state index contributed by atoms with van der Waals surface area (Å²) in [5.74, 6) is 0. The molecule has 0 bridgehead atoms. The molecule has 1 aromatic rings. The second kappa shape index (κ2) is 7.62. The summed E-state index contributed by atoms with van der Waals surface area (Å²) >= 11 is 1.68. The van der Waals surface area contributed by atoms with Crippen molar-refractivity contribution in [2.75, 3.05) is 29.6 Å². The van der Waals surface area contributed by atoms with Crippen molar-refractivity contribution in [2.24, 2.45) is 4.99 Å². The third kappa shape index (κ3) is 4.51. The van der Waals surface area contributed by atoms with Crippen LogP contribution < -0.4 is 10.2 Å². The van der Waals surface area contributed by atoms with E-state index < -0.39 is 5.60 Å². The Labute approximate surface area is 166 Å². The number of thioether (sulfide) groups is 1. The molecule has 2 aliphatic rings. The summed E-state index contributed by atoms with van der Waals surface area (Å²) < 4.78 is 5.59. The van der Waals surface area contributed by atoms with E-state index in [9.17, 15) is 4.79 Å². The molecule has 7 heteroatoms. The van der Waals surface area contributed by atoms with Gasteiger partial charge in [-0.05, 0) is 59.1 Å². The van der Waals surface area contributed by atoms with Gasteiger partial charge in [0, 0.05) is 36.2 Å². The second-order valence-electron chi connectivity index (χ2n) is 8.27. The highest BCUT2D eigenvalue weighted by atomic mass is 32.2. The molecule has 0 spiro atoms. The molecule has 2 heterocycles. The normalized spacial score (nSPS) is 25.0.